The Morgan fingerprint density at radius 2 is 0.833 bits per heavy atom. The zero-order valence-electron chi connectivity index (χ0n) is 23.4. The van der Waals surface area contributed by atoms with E-state index in [9.17, 15) is 14.4 Å². The van der Waals surface area contributed by atoms with Crippen LogP contribution in [0.5, 0.6) is 0 Å². The molecular formula is C26H50N4O6. The Bertz CT molecular complexity index is 604. The second-order valence-electron chi connectivity index (χ2n) is 10.8. The van der Waals surface area contributed by atoms with E-state index in [-0.39, 0.29) is 43.5 Å². The van der Waals surface area contributed by atoms with Crippen LogP contribution in [0.1, 0.15) is 41.5 Å². The van der Waals surface area contributed by atoms with Gasteiger partial charge in [-0.05, 0) is 17.8 Å². The van der Waals surface area contributed by atoms with Gasteiger partial charge in [0.25, 0.3) is 0 Å². The zero-order chi connectivity index (χ0) is 26.9. The summed E-state index contributed by atoms with van der Waals surface area (Å²) in [5, 5.41) is 3.41. The number of carbonyl (C=O) groups is 3. The average molecular weight is 515 g/mol. The number of hydrogen-bond acceptors (Lipinski definition) is 10. The molecule has 0 aromatic heterocycles. The maximum atomic E-state index is 12.5. The average Bonchev–Trinajstić information content (AvgIpc) is 2.79. The van der Waals surface area contributed by atoms with Crippen LogP contribution in [-0.2, 0) is 28.6 Å². The quantitative estimate of drug-likeness (QED) is 0.301. The lowest BCUT2D eigenvalue weighted by molar-refractivity contribution is -0.148. The number of esters is 3. The highest BCUT2D eigenvalue weighted by atomic mass is 16.5. The lowest BCUT2D eigenvalue weighted by Gasteiger charge is -2.30. The minimum atomic E-state index is -0.261. The summed E-state index contributed by atoms with van der Waals surface area (Å²) in [6.45, 7) is 19.1. The summed E-state index contributed by atoms with van der Waals surface area (Å²) in [5.41, 5.74) is 0. The van der Waals surface area contributed by atoms with Crippen LogP contribution >= 0.6 is 0 Å². The maximum Gasteiger partial charge on any atom is 0.320 e. The molecule has 0 spiro atoms. The van der Waals surface area contributed by atoms with E-state index in [4.69, 9.17) is 14.2 Å². The van der Waals surface area contributed by atoms with E-state index in [0.717, 1.165) is 0 Å². The molecule has 1 aliphatic rings. The van der Waals surface area contributed by atoms with Gasteiger partial charge in [-0.15, -0.1) is 0 Å². The molecule has 0 bridgehead atoms. The molecule has 0 atom stereocenters. The Hall–Kier alpha value is -1.75. The molecule has 1 fully saturated rings. The number of rotatable bonds is 12. The van der Waals surface area contributed by atoms with E-state index >= 15 is 0 Å². The van der Waals surface area contributed by atoms with E-state index in [1.165, 1.54) is 0 Å². The summed E-state index contributed by atoms with van der Waals surface area (Å²) < 4.78 is 16.1. The van der Waals surface area contributed by atoms with Gasteiger partial charge < -0.3 is 19.5 Å². The van der Waals surface area contributed by atoms with E-state index in [0.29, 0.717) is 84.0 Å². The lowest BCUT2D eigenvalue weighted by Crippen LogP contribution is -2.48. The number of nitrogens with one attached hydrogen (secondary N) is 1. The van der Waals surface area contributed by atoms with Crippen molar-refractivity contribution in [2.24, 2.45) is 17.8 Å². The van der Waals surface area contributed by atoms with E-state index in [1.807, 2.05) is 46.4 Å². The van der Waals surface area contributed by atoms with E-state index < -0.39 is 0 Å². The summed E-state index contributed by atoms with van der Waals surface area (Å²) in [6.07, 6.45) is 0. The first-order valence-corrected chi connectivity index (χ1v) is 13.4. The second kappa shape index (κ2) is 18.5. The van der Waals surface area contributed by atoms with E-state index in [1.54, 1.807) is 0 Å². The number of nitrogens with zero attached hydrogens (tertiary/aromatic N) is 3. The molecule has 0 amide bonds. The van der Waals surface area contributed by atoms with Crippen molar-refractivity contribution in [3.63, 3.8) is 0 Å². The molecule has 0 saturated carbocycles. The SMILES string of the molecule is CC(C)COC(=O)CN1CCNCCN(CC(=O)OCC(C)C)CCN(CC(=O)OCC(C)C)CC1. The molecule has 1 saturated heterocycles. The molecular weight excluding hydrogens is 464 g/mol. The molecule has 10 heteroatoms. The third kappa shape index (κ3) is 16.8. The van der Waals surface area contributed by atoms with Crippen LogP contribution in [0.25, 0.3) is 0 Å². The number of ether oxygens (including phenoxy) is 3. The van der Waals surface area contributed by atoms with Crippen molar-refractivity contribution in [1.29, 1.82) is 0 Å². The topological polar surface area (TPSA) is 101 Å². The highest BCUT2D eigenvalue weighted by Crippen LogP contribution is 2.02. The summed E-state index contributed by atoms with van der Waals surface area (Å²) in [4.78, 5) is 43.3. The normalized spacial score (nSPS) is 17.6. The van der Waals surface area contributed by atoms with Gasteiger partial charge in [-0.1, -0.05) is 41.5 Å². The van der Waals surface area contributed by atoms with Gasteiger partial charge in [0.1, 0.15) is 0 Å². The van der Waals surface area contributed by atoms with Gasteiger partial charge in [0.15, 0.2) is 0 Å². The Labute approximate surface area is 218 Å². The van der Waals surface area contributed by atoms with Crippen LogP contribution in [0, 0.1) is 17.8 Å². The molecule has 1 aliphatic heterocycles. The molecule has 0 aromatic rings. The van der Waals surface area contributed by atoms with Gasteiger partial charge in [-0.25, -0.2) is 0 Å². The van der Waals surface area contributed by atoms with Gasteiger partial charge in [0.2, 0.25) is 0 Å². The molecule has 36 heavy (non-hydrogen) atoms. The standard InChI is InChI=1S/C26H50N4O6/c1-21(2)18-34-24(31)15-28-9-7-27-8-10-29(16-25(32)35-19-22(3)4)12-14-30(13-11-28)17-26(33)36-20-23(5)6/h21-23,27H,7-20H2,1-6H3. The van der Waals surface area contributed by atoms with Crippen molar-refractivity contribution in [2.45, 2.75) is 41.5 Å². The van der Waals surface area contributed by atoms with Crippen LogP contribution in [-0.4, -0.2) is 124 Å². The Kier molecular flexibility index (Phi) is 16.6. The van der Waals surface area contributed by atoms with Crippen LogP contribution in [0.15, 0.2) is 0 Å². The predicted octanol–water partition coefficient (Wildman–Crippen LogP) is 1.09. The Morgan fingerprint density at radius 3 is 1.11 bits per heavy atom. The van der Waals surface area contributed by atoms with Gasteiger partial charge in [0.05, 0.1) is 39.5 Å². The summed E-state index contributed by atoms with van der Waals surface area (Å²) in [6, 6.07) is 0. The van der Waals surface area contributed by atoms with Gasteiger partial charge in [-0.2, -0.15) is 0 Å². The third-order valence-electron chi connectivity index (χ3n) is 5.47. The van der Waals surface area contributed by atoms with Crippen molar-refractivity contribution in [3.8, 4) is 0 Å². The Morgan fingerprint density at radius 1 is 0.556 bits per heavy atom. The second-order valence-corrected chi connectivity index (χ2v) is 10.8. The van der Waals surface area contributed by atoms with Crippen molar-refractivity contribution in [1.82, 2.24) is 20.0 Å². The zero-order valence-corrected chi connectivity index (χ0v) is 23.4. The fourth-order valence-electron chi connectivity index (χ4n) is 3.44. The monoisotopic (exact) mass is 514 g/mol. The third-order valence-corrected chi connectivity index (χ3v) is 5.47. The fraction of sp³-hybridized carbons (Fsp3) is 0.885. The molecule has 1 heterocycles. The molecule has 0 unspecified atom stereocenters. The van der Waals surface area contributed by atoms with Crippen molar-refractivity contribution in [2.75, 3.05) is 91.8 Å². The maximum absolute atomic E-state index is 12.5. The van der Waals surface area contributed by atoms with Crippen LogP contribution in [0.4, 0.5) is 0 Å². The van der Waals surface area contributed by atoms with Crippen molar-refractivity contribution < 1.29 is 28.6 Å². The van der Waals surface area contributed by atoms with Crippen LogP contribution < -0.4 is 5.32 Å². The molecule has 1 rings (SSSR count). The lowest BCUT2D eigenvalue weighted by atomic mass is 10.2. The van der Waals surface area contributed by atoms with Gasteiger partial charge >= 0.3 is 17.9 Å². The number of hydrogen-bond donors (Lipinski definition) is 1. The molecule has 0 radical (unpaired) electrons. The number of carbonyl (C=O) groups excluding carboxylic acids is 3. The van der Waals surface area contributed by atoms with Gasteiger partial charge in [-0.3, -0.25) is 29.1 Å². The summed E-state index contributed by atoms with van der Waals surface area (Å²) in [5.74, 6) is 0.130. The molecule has 10 nitrogen and oxygen atoms in total. The molecule has 1 N–H and O–H groups in total. The predicted molar refractivity (Wildman–Crippen MR) is 140 cm³/mol. The highest BCUT2D eigenvalue weighted by Gasteiger charge is 2.20. The summed E-state index contributed by atoms with van der Waals surface area (Å²) >= 11 is 0. The highest BCUT2D eigenvalue weighted by molar-refractivity contribution is 5.72. The first-order chi connectivity index (χ1) is 17.0. The van der Waals surface area contributed by atoms with Crippen molar-refractivity contribution in [3.05, 3.63) is 0 Å². The first kappa shape index (κ1) is 32.3. The smallest absolute Gasteiger partial charge is 0.320 e. The van der Waals surface area contributed by atoms with Crippen LogP contribution in [0.3, 0.4) is 0 Å². The minimum absolute atomic E-state index is 0.169. The minimum Gasteiger partial charge on any atom is -0.464 e. The molecule has 0 aromatic carbocycles. The molecule has 210 valence electrons. The fourth-order valence-corrected chi connectivity index (χ4v) is 3.44. The largest absolute Gasteiger partial charge is 0.464 e. The molecule has 0 aliphatic carbocycles. The van der Waals surface area contributed by atoms with E-state index in [2.05, 4.69) is 15.1 Å². The van der Waals surface area contributed by atoms with Gasteiger partial charge in [0, 0.05) is 52.4 Å². The first-order valence-electron chi connectivity index (χ1n) is 13.4. The van der Waals surface area contributed by atoms with Crippen LogP contribution in [0.2, 0.25) is 0 Å². The summed E-state index contributed by atoms with van der Waals surface area (Å²) in [7, 11) is 0. The van der Waals surface area contributed by atoms with Crippen molar-refractivity contribution >= 4 is 17.9 Å². The Balaban J connectivity index is 2.78.